The molecule has 1 saturated heterocycles. The van der Waals surface area contributed by atoms with Crippen molar-refractivity contribution >= 4 is 5.91 Å². The van der Waals surface area contributed by atoms with E-state index in [4.69, 9.17) is 9.47 Å². The first-order chi connectivity index (χ1) is 31.8. The Balaban J connectivity index is 2.28. The minimum Gasteiger partial charge on any atom is -0.394 e. The monoisotopic (exact) mass is 920 g/mol. The Hall–Kier alpha value is -1.59. The molecule has 0 aromatic carbocycles. The summed E-state index contributed by atoms with van der Waals surface area (Å²) < 4.78 is 11.2. The lowest BCUT2D eigenvalue weighted by Crippen LogP contribution is -2.60. The van der Waals surface area contributed by atoms with Crippen LogP contribution in [0.25, 0.3) is 0 Å². The predicted molar refractivity (Wildman–Crippen MR) is 272 cm³/mol. The molecule has 1 aliphatic rings. The molecule has 0 aromatic rings. The van der Waals surface area contributed by atoms with Gasteiger partial charge in [0.05, 0.1) is 25.4 Å². The summed E-state index contributed by atoms with van der Waals surface area (Å²) in [4.78, 5) is 13.0. The van der Waals surface area contributed by atoms with Crippen molar-refractivity contribution in [2.45, 2.75) is 301 Å². The van der Waals surface area contributed by atoms with Gasteiger partial charge in [0.2, 0.25) is 5.91 Å². The van der Waals surface area contributed by atoms with Crippen LogP contribution in [0.1, 0.15) is 258 Å². The van der Waals surface area contributed by atoms with Crippen LogP contribution in [-0.2, 0) is 14.3 Å². The number of allylic oxidation sites excluding steroid dienone is 5. The van der Waals surface area contributed by atoms with Crippen LogP contribution in [-0.4, -0.2) is 87.5 Å². The van der Waals surface area contributed by atoms with E-state index in [0.717, 1.165) is 44.9 Å². The first-order valence-electron chi connectivity index (χ1n) is 27.7. The molecule has 0 radical (unpaired) electrons. The highest BCUT2D eigenvalue weighted by Gasteiger charge is 2.44. The lowest BCUT2D eigenvalue weighted by Gasteiger charge is -2.40. The maximum atomic E-state index is 13.0. The molecular weight excluding hydrogens is 815 g/mol. The normalized spacial score (nSPS) is 20.1. The maximum Gasteiger partial charge on any atom is 0.220 e. The van der Waals surface area contributed by atoms with E-state index in [9.17, 15) is 30.3 Å². The first-order valence-corrected chi connectivity index (χ1v) is 27.7. The Morgan fingerprint density at radius 1 is 0.508 bits per heavy atom. The van der Waals surface area contributed by atoms with Crippen LogP contribution in [0.5, 0.6) is 0 Å². The van der Waals surface area contributed by atoms with Gasteiger partial charge in [-0.15, -0.1) is 0 Å². The lowest BCUT2D eigenvalue weighted by molar-refractivity contribution is -0.302. The summed E-state index contributed by atoms with van der Waals surface area (Å²) in [6, 6.07) is -0.825. The third-order valence-electron chi connectivity index (χ3n) is 13.2. The molecule has 9 nitrogen and oxygen atoms in total. The average molecular weight is 920 g/mol. The first kappa shape index (κ1) is 61.4. The molecule has 0 bridgehead atoms. The Labute approximate surface area is 400 Å². The molecule has 0 aliphatic carbocycles. The summed E-state index contributed by atoms with van der Waals surface area (Å²) in [6.07, 6.45) is 52.1. The average Bonchev–Trinajstić information content (AvgIpc) is 3.31. The van der Waals surface area contributed by atoms with Gasteiger partial charge in [0.15, 0.2) is 6.29 Å². The van der Waals surface area contributed by atoms with Crippen LogP contribution in [0, 0.1) is 0 Å². The van der Waals surface area contributed by atoms with E-state index < -0.39 is 49.5 Å². The number of aliphatic hydroxyl groups excluding tert-OH is 5. The highest BCUT2D eigenvalue weighted by Crippen LogP contribution is 2.23. The standard InChI is InChI=1S/C56H105NO8/c1-3-5-7-9-11-13-15-17-19-21-22-23-24-25-26-27-28-30-31-33-35-37-39-41-43-45-50(59)49(48-64-56-55(63)54(62)53(61)51(47-58)65-56)57-52(60)46-44-42-40-38-36-34-32-29-20-18-16-14-12-10-8-6-4-2/h28,30,35,37,43,45,49-51,53-56,58-59,61-63H,3-27,29,31-34,36,38-42,44,46-48H2,1-2H3,(H,57,60)/b30-28+,37-35+,45-43+. The quantitative estimate of drug-likeness (QED) is 0.0261. The summed E-state index contributed by atoms with van der Waals surface area (Å²) in [6.45, 7) is 3.78. The Kier molecular flexibility index (Phi) is 43.6. The van der Waals surface area contributed by atoms with Crippen molar-refractivity contribution in [2.24, 2.45) is 0 Å². The minimum atomic E-state index is -1.57. The molecular formula is C56H105NO8. The number of hydrogen-bond acceptors (Lipinski definition) is 8. The molecule has 1 rings (SSSR count). The van der Waals surface area contributed by atoms with Crippen LogP contribution in [0.3, 0.4) is 0 Å². The largest absolute Gasteiger partial charge is 0.394 e. The number of rotatable bonds is 47. The van der Waals surface area contributed by atoms with E-state index >= 15 is 0 Å². The van der Waals surface area contributed by atoms with E-state index in [1.54, 1.807) is 6.08 Å². The SMILES string of the molecule is CCCCCCCCCCCCCCCCC/C=C/CC/C=C/CC/C=C/C(O)C(COC1OC(CO)C(O)C(O)C1O)NC(=O)CCCCCCCCCCCCCCCCCCC. The molecule has 6 N–H and O–H groups in total. The van der Waals surface area contributed by atoms with E-state index in [-0.39, 0.29) is 12.5 Å². The van der Waals surface area contributed by atoms with Crippen molar-refractivity contribution in [3.63, 3.8) is 0 Å². The maximum absolute atomic E-state index is 13.0. The summed E-state index contributed by atoms with van der Waals surface area (Å²) in [7, 11) is 0. The summed E-state index contributed by atoms with van der Waals surface area (Å²) in [5.41, 5.74) is 0. The number of carbonyl (C=O) groups excluding carboxylic acids is 1. The predicted octanol–water partition coefficient (Wildman–Crippen LogP) is 13.2. The second-order valence-corrected chi connectivity index (χ2v) is 19.4. The fourth-order valence-corrected chi connectivity index (χ4v) is 8.78. The molecule has 1 aliphatic heterocycles. The van der Waals surface area contributed by atoms with Crippen LogP contribution in [0.4, 0.5) is 0 Å². The molecule has 0 aromatic heterocycles. The lowest BCUT2D eigenvalue weighted by atomic mass is 9.99. The molecule has 382 valence electrons. The number of carbonyl (C=O) groups is 1. The zero-order chi connectivity index (χ0) is 47.3. The van der Waals surface area contributed by atoms with E-state index in [1.807, 2.05) is 6.08 Å². The smallest absolute Gasteiger partial charge is 0.220 e. The molecule has 0 spiro atoms. The minimum absolute atomic E-state index is 0.187. The fraction of sp³-hybridized carbons (Fsp3) is 0.875. The zero-order valence-electron chi connectivity index (χ0n) is 42.3. The molecule has 1 heterocycles. The van der Waals surface area contributed by atoms with Crippen molar-refractivity contribution in [1.82, 2.24) is 5.32 Å². The summed E-state index contributed by atoms with van der Waals surface area (Å²) in [5, 5.41) is 54.4. The van der Waals surface area contributed by atoms with E-state index in [0.29, 0.717) is 6.42 Å². The number of ether oxygens (including phenoxy) is 2. The van der Waals surface area contributed by atoms with Crippen molar-refractivity contribution < 1.29 is 39.8 Å². The Bertz CT molecular complexity index is 1110. The number of unbranched alkanes of at least 4 members (excludes halogenated alkanes) is 33. The van der Waals surface area contributed by atoms with Crippen molar-refractivity contribution in [1.29, 1.82) is 0 Å². The van der Waals surface area contributed by atoms with Gasteiger partial charge in [0.1, 0.15) is 24.4 Å². The van der Waals surface area contributed by atoms with E-state index in [1.165, 1.54) is 193 Å². The van der Waals surface area contributed by atoms with Gasteiger partial charge in [-0.1, -0.05) is 243 Å². The van der Waals surface area contributed by atoms with Crippen LogP contribution in [0.2, 0.25) is 0 Å². The van der Waals surface area contributed by atoms with Gasteiger partial charge in [0.25, 0.3) is 0 Å². The summed E-state index contributed by atoms with van der Waals surface area (Å²) >= 11 is 0. The van der Waals surface area contributed by atoms with Crippen LogP contribution >= 0.6 is 0 Å². The number of nitrogens with one attached hydrogen (secondary N) is 1. The third-order valence-corrected chi connectivity index (χ3v) is 13.2. The fourth-order valence-electron chi connectivity index (χ4n) is 8.78. The van der Waals surface area contributed by atoms with Gasteiger partial charge in [-0.2, -0.15) is 0 Å². The topological polar surface area (TPSA) is 149 Å². The van der Waals surface area contributed by atoms with Gasteiger partial charge in [0, 0.05) is 6.42 Å². The molecule has 1 fully saturated rings. The van der Waals surface area contributed by atoms with Crippen molar-refractivity contribution in [3.05, 3.63) is 36.5 Å². The highest BCUT2D eigenvalue weighted by atomic mass is 16.7. The molecule has 1 amide bonds. The van der Waals surface area contributed by atoms with Gasteiger partial charge in [-0.05, 0) is 44.9 Å². The van der Waals surface area contributed by atoms with Crippen LogP contribution < -0.4 is 5.32 Å². The highest BCUT2D eigenvalue weighted by molar-refractivity contribution is 5.76. The van der Waals surface area contributed by atoms with Gasteiger partial charge in [-0.3, -0.25) is 4.79 Å². The van der Waals surface area contributed by atoms with Gasteiger partial charge >= 0.3 is 0 Å². The second kappa shape index (κ2) is 46.2. The molecule has 65 heavy (non-hydrogen) atoms. The van der Waals surface area contributed by atoms with Crippen LogP contribution in [0.15, 0.2) is 36.5 Å². The molecule has 7 unspecified atom stereocenters. The second-order valence-electron chi connectivity index (χ2n) is 19.4. The zero-order valence-corrected chi connectivity index (χ0v) is 42.3. The Morgan fingerprint density at radius 3 is 1.29 bits per heavy atom. The summed E-state index contributed by atoms with van der Waals surface area (Å²) in [5.74, 6) is -0.187. The Morgan fingerprint density at radius 2 is 0.877 bits per heavy atom. The number of aliphatic hydroxyl groups is 5. The number of hydrogen-bond donors (Lipinski definition) is 6. The van der Waals surface area contributed by atoms with Crippen molar-refractivity contribution in [2.75, 3.05) is 13.2 Å². The molecule has 0 saturated carbocycles. The van der Waals surface area contributed by atoms with Crippen molar-refractivity contribution in [3.8, 4) is 0 Å². The van der Waals surface area contributed by atoms with Gasteiger partial charge in [-0.25, -0.2) is 0 Å². The van der Waals surface area contributed by atoms with E-state index in [2.05, 4.69) is 43.5 Å². The molecule has 7 atom stereocenters. The molecule has 9 heteroatoms. The third kappa shape index (κ3) is 36.1. The number of amides is 1. The van der Waals surface area contributed by atoms with Gasteiger partial charge < -0.3 is 40.3 Å².